The fourth-order valence-electron chi connectivity index (χ4n) is 2.06. The van der Waals surface area contributed by atoms with Crippen LogP contribution in [0.3, 0.4) is 0 Å². The number of hydrogen-bond acceptors (Lipinski definition) is 3. The van der Waals surface area contributed by atoms with Crippen molar-refractivity contribution in [1.29, 1.82) is 0 Å². The maximum absolute atomic E-state index is 9.29. The summed E-state index contributed by atoms with van der Waals surface area (Å²) in [6, 6.07) is 0.688. The van der Waals surface area contributed by atoms with Gasteiger partial charge in [0.2, 0.25) is 0 Å². The highest BCUT2D eigenvalue weighted by Gasteiger charge is 2.19. The molecule has 3 heteroatoms. The number of rotatable bonds is 10. The van der Waals surface area contributed by atoms with Crippen LogP contribution in [0.4, 0.5) is 0 Å². The van der Waals surface area contributed by atoms with Gasteiger partial charge in [-0.2, -0.15) is 0 Å². The SMILES string of the molecule is CCC(C)N(CC)CCCCC(C)(CO)NC. The Labute approximate surface area is 108 Å². The first-order chi connectivity index (χ1) is 8.02. The Bertz CT molecular complexity index is 181. The zero-order chi connectivity index (χ0) is 13.3. The van der Waals surface area contributed by atoms with Crippen LogP contribution in [0.25, 0.3) is 0 Å². The van der Waals surface area contributed by atoms with E-state index in [1.54, 1.807) is 0 Å². The van der Waals surface area contributed by atoms with Crippen molar-refractivity contribution in [1.82, 2.24) is 10.2 Å². The van der Waals surface area contributed by atoms with Crippen molar-refractivity contribution >= 4 is 0 Å². The van der Waals surface area contributed by atoms with Crippen LogP contribution in [0.15, 0.2) is 0 Å². The minimum atomic E-state index is -0.104. The second-order valence-electron chi connectivity index (χ2n) is 5.31. The zero-order valence-electron chi connectivity index (χ0n) is 12.4. The highest BCUT2D eigenvalue weighted by atomic mass is 16.3. The van der Waals surface area contributed by atoms with Crippen LogP contribution in [-0.4, -0.2) is 48.3 Å². The summed E-state index contributed by atoms with van der Waals surface area (Å²) in [4.78, 5) is 2.54. The number of aliphatic hydroxyl groups excluding tert-OH is 1. The van der Waals surface area contributed by atoms with Crippen LogP contribution in [-0.2, 0) is 0 Å². The zero-order valence-corrected chi connectivity index (χ0v) is 12.4. The molecule has 0 spiro atoms. The summed E-state index contributed by atoms with van der Waals surface area (Å²) in [5.41, 5.74) is -0.104. The molecule has 104 valence electrons. The van der Waals surface area contributed by atoms with Gasteiger partial charge >= 0.3 is 0 Å². The van der Waals surface area contributed by atoms with Gasteiger partial charge in [-0.1, -0.05) is 20.3 Å². The molecule has 0 saturated carbocycles. The lowest BCUT2D eigenvalue weighted by atomic mass is 9.96. The van der Waals surface area contributed by atoms with E-state index in [-0.39, 0.29) is 12.1 Å². The number of nitrogens with zero attached hydrogens (tertiary/aromatic N) is 1. The summed E-state index contributed by atoms with van der Waals surface area (Å²) in [5.74, 6) is 0. The molecule has 0 heterocycles. The summed E-state index contributed by atoms with van der Waals surface area (Å²) < 4.78 is 0. The summed E-state index contributed by atoms with van der Waals surface area (Å²) in [6.07, 6.45) is 4.65. The van der Waals surface area contributed by atoms with Crippen molar-refractivity contribution in [3.8, 4) is 0 Å². The second-order valence-corrected chi connectivity index (χ2v) is 5.31. The number of hydrogen-bond donors (Lipinski definition) is 2. The van der Waals surface area contributed by atoms with E-state index >= 15 is 0 Å². The van der Waals surface area contributed by atoms with Crippen LogP contribution in [0.2, 0.25) is 0 Å². The molecule has 17 heavy (non-hydrogen) atoms. The Kier molecular flexibility index (Phi) is 8.83. The summed E-state index contributed by atoms with van der Waals surface area (Å²) in [7, 11) is 1.92. The molecule has 0 amide bonds. The van der Waals surface area contributed by atoms with Gasteiger partial charge in [-0.15, -0.1) is 0 Å². The molecule has 2 unspecified atom stereocenters. The van der Waals surface area contributed by atoms with Crippen molar-refractivity contribution in [2.24, 2.45) is 0 Å². The topological polar surface area (TPSA) is 35.5 Å². The molecule has 0 aliphatic carbocycles. The maximum Gasteiger partial charge on any atom is 0.0610 e. The minimum Gasteiger partial charge on any atom is -0.394 e. The van der Waals surface area contributed by atoms with Crippen LogP contribution in [0, 0.1) is 0 Å². The predicted octanol–water partition coefficient (Wildman–Crippen LogP) is 2.25. The van der Waals surface area contributed by atoms with E-state index < -0.39 is 0 Å². The molecule has 2 atom stereocenters. The normalized spacial score (nSPS) is 17.1. The predicted molar refractivity (Wildman–Crippen MR) is 75.4 cm³/mol. The standard InChI is InChI=1S/C14H32N2O/c1-6-13(3)16(7-2)11-9-8-10-14(4,12-17)15-5/h13,15,17H,6-12H2,1-5H3. The van der Waals surface area contributed by atoms with Gasteiger partial charge < -0.3 is 15.3 Å². The molecule has 2 N–H and O–H groups in total. The molecular formula is C14H32N2O. The Balaban J connectivity index is 3.82. The third kappa shape index (κ3) is 6.39. The van der Waals surface area contributed by atoms with Crippen LogP contribution in [0.5, 0.6) is 0 Å². The second kappa shape index (κ2) is 8.90. The lowest BCUT2D eigenvalue weighted by molar-refractivity contribution is 0.164. The average molecular weight is 244 g/mol. The molecule has 0 aromatic rings. The smallest absolute Gasteiger partial charge is 0.0610 e. The number of likely N-dealkylation sites (N-methyl/N-ethyl adjacent to an activating group) is 1. The summed E-state index contributed by atoms with van der Waals surface area (Å²) in [6.45, 7) is 11.4. The van der Waals surface area contributed by atoms with E-state index in [9.17, 15) is 5.11 Å². The van der Waals surface area contributed by atoms with E-state index in [0.29, 0.717) is 6.04 Å². The third-order valence-corrected chi connectivity index (χ3v) is 4.00. The van der Waals surface area contributed by atoms with Crippen molar-refractivity contribution in [2.75, 3.05) is 26.7 Å². The number of unbranched alkanes of at least 4 members (excludes halogenated alkanes) is 1. The van der Waals surface area contributed by atoms with Crippen LogP contribution >= 0.6 is 0 Å². The van der Waals surface area contributed by atoms with E-state index in [1.165, 1.54) is 25.8 Å². The molecule has 0 fully saturated rings. The monoisotopic (exact) mass is 244 g/mol. The lowest BCUT2D eigenvalue weighted by Gasteiger charge is -2.29. The van der Waals surface area contributed by atoms with Gasteiger partial charge in [0.1, 0.15) is 0 Å². The third-order valence-electron chi connectivity index (χ3n) is 4.00. The highest BCUT2D eigenvalue weighted by Crippen LogP contribution is 2.13. The van der Waals surface area contributed by atoms with E-state index in [2.05, 4.69) is 37.9 Å². The largest absolute Gasteiger partial charge is 0.394 e. The molecule has 0 saturated heterocycles. The molecule has 0 bridgehead atoms. The van der Waals surface area contributed by atoms with Crippen LogP contribution < -0.4 is 5.32 Å². The van der Waals surface area contributed by atoms with Crippen molar-refractivity contribution in [3.63, 3.8) is 0 Å². The molecule has 0 aliphatic heterocycles. The molecule has 0 aliphatic rings. The fourth-order valence-corrected chi connectivity index (χ4v) is 2.06. The molecule has 0 radical (unpaired) electrons. The Morgan fingerprint density at radius 3 is 2.35 bits per heavy atom. The molecule has 0 rings (SSSR count). The number of aliphatic hydroxyl groups is 1. The average Bonchev–Trinajstić information content (AvgIpc) is 2.37. The summed E-state index contributed by atoms with van der Waals surface area (Å²) >= 11 is 0. The lowest BCUT2D eigenvalue weighted by Crippen LogP contribution is -2.43. The quantitative estimate of drug-likeness (QED) is 0.579. The summed E-state index contributed by atoms with van der Waals surface area (Å²) in [5, 5.41) is 12.5. The molecular weight excluding hydrogens is 212 g/mol. The van der Waals surface area contributed by atoms with Gasteiger partial charge in [-0.3, -0.25) is 0 Å². The van der Waals surface area contributed by atoms with Crippen molar-refractivity contribution in [3.05, 3.63) is 0 Å². The molecule has 3 nitrogen and oxygen atoms in total. The minimum absolute atomic E-state index is 0.104. The van der Waals surface area contributed by atoms with E-state index in [1.807, 2.05) is 7.05 Å². The van der Waals surface area contributed by atoms with Crippen LogP contribution in [0.1, 0.15) is 53.4 Å². The number of nitrogens with one attached hydrogen (secondary N) is 1. The highest BCUT2D eigenvalue weighted by molar-refractivity contribution is 4.80. The Hall–Kier alpha value is -0.120. The first-order valence-electron chi connectivity index (χ1n) is 7.06. The van der Waals surface area contributed by atoms with E-state index in [4.69, 9.17) is 0 Å². The molecule has 0 aromatic heterocycles. The Morgan fingerprint density at radius 2 is 1.94 bits per heavy atom. The van der Waals surface area contributed by atoms with Gasteiger partial charge in [0, 0.05) is 11.6 Å². The van der Waals surface area contributed by atoms with Gasteiger partial charge in [0.05, 0.1) is 6.61 Å². The van der Waals surface area contributed by atoms with Gasteiger partial charge in [-0.25, -0.2) is 0 Å². The van der Waals surface area contributed by atoms with Gasteiger partial charge in [0.15, 0.2) is 0 Å². The first kappa shape index (κ1) is 16.9. The fraction of sp³-hybridized carbons (Fsp3) is 1.00. The van der Waals surface area contributed by atoms with Crippen molar-refractivity contribution < 1.29 is 5.11 Å². The van der Waals surface area contributed by atoms with E-state index in [0.717, 1.165) is 13.0 Å². The van der Waals surface area contributed by atoms with Gasteiger partial charge in [-0.05, 0) is 53.2 Å². The van der Waals surface area contributed by atoms with Crippen molar-refractivity contribution in [2.45, 2.75) is 65.0 Å². The maximum atomic E-state index is 9.29. The molecule has 0 aromatic carbocycles. The van der Waals surface area contributed by atoms with Gasteiger partial charge in [0.25, 0.3) is 0 Å². The first-order valence-corrected chi connectivity index (χ1v) is 7.06. The Morgan fingerprint density at radius 1 is 1.29 bits per heavy atom.